The van der Waals surface area contributed by atoms with Gasteiger partial charge in [-0.15, -0.1) is 0 Å². The molecule has 3 amide bonds. The molecule has 1 aromatic heterocycles. The maximum atomic E-state index is 13.3. The number of nitrogens with zero attached hydrogens (tertiary/aromatic N) is 2. The molecule has 0 saturated carbocycles. The Bertz CT molecular complexity index is 1070. The van der Waals surface area contributed by atoms with Gasteiger partial charge in [0.05, 0.1) is 16.8 Å². The van der Waals surface area contributed by atoms with Crippen LogP contribution >= 0.6 is 11.6 Å². The molecule has 1 unspecified atom stereocenters. The van der Waals surface area contributed by atoms with Crippen LogP contribution < -0.4 is 11.1 Å². The predicted molar refractivity (Wildman–Crippen MR) is 107 cm³/mol. The van der Waals surface area contributed by atoms with Crippen molar-refractivity contribution < 1.29 is 14.0 Å². The first-order valence-corrected chi connectivity index (χ1v) is 8.84. The number of anilines is 1. The normalized spacial score (nSPS) is 11.9. The highest BCUT2D eigenvalue weighted by Gasteiger charge is 2.21. The number of urea groups is 1. The molecule has 2 aromatic carbocycles. The topological polar surface area (TPSA) is 88.3 Å². The Morgan fingerprint density at radius 3 is 2.61 bits per heavy atom. The summed E-state index contributed by atoms with van der Waals surface area (Å²) >= 11 is 5.74. The quantitative estimate of drug-likeness (QED) is 0.682. The van der Waals surface area contributed by atoms with Gasteiger partial charge in [0.1, 0.15) is 11.5 Å². The van der Waals surface area contributed by atoms with Crippen molar-refractivity contribution in [3.63, 3.8) is 0 Å². The van der Waals surface area contributed by atoms with Gasteiger partial charge in [0.15, 0.2) is 0 Å². The highest BCUT2D eigenvalue weighted by Crippen LogP contribution is 2.25. The molecule has 3 aromatic rings. The van der Waals surface area contributed by atoms with Crippen molar-refractivity contribution in [2.24, 2.45) is 5.73 Å². The first-order chi connectivity index (χ1) is 13.3. The fourth-order valence-corrected chi connectivity index (χ4v) is 2.96. The molecule has 0 spiro atoms. The van der Waals surface area contributed by atoms with E-state index in [0.29, 0.717) is 16.8 Å². The van der Waals surface area contributed by atoms with Crippen LogP contribution in [0.1, 0.15) is 29.1 Å². The molecule has 0 fully saturated rings. The van der Waals surface area contributed by atoms with Gasteiger partial charge in [-0.2, -0.15) is 0 Å². The van der Waals surface area contributed by atoms with Crippen LogP contribution in [0.15, 0.2) is 48.5 Å². The second-order valence-electron chi connectivity index (χ2n) is 6.33. The Hall–Kier alpha value is -3.19. The summed E-state index contributed by atoms with van der Waals surface area (Å²) < 4.78 is 13.3. The first-order valence-electron chi connectivity index (χ1n) is 8.46. The number of nitrogens with one attached hydrogen (secondary N) is 1. The standard InChI is InChI=1S/C20H18ClFN4O2/c1-11(26(2)20(28)24-13-7-8-16(22)15(21)10-13)17-9-12-5-3-4-6-14(12)18(25-17)19(23)27/h3-11H,1-2H3,(H2,23,27)(H,24,28). The molecule has 8 heteroatoms. The molecule has 6 nitrogen and oxygen atoms in total. The summed E-state index contributed by atoms with van der Waals surface area (Å²) in [4.78, 5) is 30.2. The summed E-state index contributed by atoms with van der Waals surface area (Å²) in [7, 11) is 1.59. The number of benzene rings is 2. The molecular formula is C20H18ClFN4O2. The number of aromatic nitrogens is 1. The van der Waals surface area contributed by atoms with Crippen LogP contribution in [-0.2, 0) is 0 Å². The zero-order valence-electron chi connectivity index (χ0n) is 15.2. The van der Waals surface area contributed by atoms with Gasteiger partial charge < -0.3 is 16.0 Å². The molecule has 0 saturated heterocycles. The lowest BCUT2D eigenvalue weighted by Crippen LogP contribution is -2.34. The second kappa shape index (κ2) is 7.82. The fraction of sp³-hybridized carbons (Fsp3) is 0.150. The van der Waals surface area contributed by atoms with Crippen LogP contribution in [0.4, 0.5) is 14.9 Å². The van der Waals surface area contributed by atoms with Gasteiger partial charge >= 0.3 is 6.03 Å². The Balaban J connectivity index is 1.88. The predicted octanol–water partition coefficient (Wildman–Crippen LogP) is 4.35. The Kier molecular flexibility index (Phi) is 5.46. The summed E-state index contributed by atoms with van der Waals surface area (Å²) in [5.41, 5.74) is 6.50. The number of hydrogen-bond donors (Lipinski definition) is 2. The molecule has 3 rings (SSSR count). The molecule has 0 aliphatic rings. The minimum Gasteiger partial charge on any atom is -0.364 e. The second-order valence-corrected chi connectivity index (χ2v) is 6.73. The minimum atomic E-state index is -0.640. The van der Waals surface area contributed by atoms with Gasteiger partial charge in [-0.1, -0.05) is 35.9 Å². The monoisotopic (exact) mass is 400 g/mol. The maximum absolute atomic E-state index is 13.3. The van der Waals surface area contributed by atoms with Gasteiger partial charge in [-0.25, -0.2) is 14.2 Å². The number of rotatable bonds is 4. The lowest BCUT2D eigenvalue weighted by Gasteiger charge is -2.25. The van der Waals surface area contributed by atoms with Crippen LogP contribution in [0.5, 0.6) is 0 Å². The van der Waals surface area contributed by atoms with Crippen LogP contribution in [0.2, 0.25) is 5.02 Å². The van der Waals surface area contributed by atoms with Crippen molar-refractivity contribution in [3.8, 4) is 0 Å². The summed E-state index contributed by atoms with van der Waals surface area (Å²) in [6, 6.07) is 12.1. The van der Waals surface area contributed by atoms with Crippen LogP contribution in [0, 0.1) is 5.82 Å². The average molecular weight is 401 g/mol. The van der Waals surface area contributed by atoms with E-state index in [0.717, 1.165) is 5.39 Å². The van der Waals surface area contributed by atoms with E-state index in [4.69, 9.17) is 17.3 Å². The summed E-state index contributed by atoms with van der Waals surface area (Å²) in [5, 5.41) is 4.01. The molecule has 3 N–H and O–H groups in total. The molecule has 1 atom stereocenters. The van der Waals surface area contributed by atoms with E-state index >= 15 is 0 Å². The number of hydrogen-bond acceptors (Lipinski definition) is 3. The molecule has 0 aliphatic carbocycles. The molecular weight excluding hydrogens is 383 g/mol. The number of carbonyl (C=O) groups excluding carboxylic acids is 2. The number of pyridine rings is 1. The van der Waals surface area contributed by atoms with E-state index in [1.54, 1.807) is 26.1 Å². The number of halogens is 2. The molecule has 0 bridgehead atoms. The summed E-state index contributed by atoms with van der Waals surface area (Å²) in [6.07, 6.45) is 0. The van der Waals surface area contributed by atoms with Crippen molar-refractivity contribution in [2.45, 2.75) is 13.0 Å². The van der Waals surface area contributed by atoms with Gasteiger partial charge in [0.2, 0.25) is 0 Å². The highest BCUT2D eigenvalue weighted by atomic mass is 35.5. The van der Waals surface area contributed by atoms with Gasteiger partial charge in [-0.05, 0) is 36.6 Å². The molecule has 0 aliphatic heterocycles. The number of amides is 3. The lowest BCUT2D eigenvalue weighted by atomic mass is 10.1. The van der Waals surface area contributed by atoms with Crippen molar-refractivity contribution in [2.75, 3.05) is 12.4 Å². The fourth-order valence-electron chi connectivity index (χ4n) is 2.78. The third-order valence-corrected chi connectivity index (χ3v) is 4.78. The number of primary amides is 1. The van der Waals surface area contributed by atoms with Crippen LogP contribution in [0.25, 0.3) is 10.8 Å². The number of carbonyl (C=O) groups is 2. The average Bonchev–Trinajstić information content (AvgIpc) is 2.68. The van der Waals surface area contributed by atoms with E-state index in [9.17, 15) is 14.0 Å². The molecule has 0 radical (unpaired) electrons. The van der Waals surface area contributed by atoms with Gasteiger partial charge in [-0.3, -0.25) is 4.79 Å². The zero-order chi connectivity index (χ0) is 20.4. The van der Waals surface area contributed by atoms with E-state index < -0.39 is 23.8 Å². The summed E-state index contributed by atoms with van der Waals surface area (Å²) in [6.45, 7) is 1.78. The molecule has 144 valence electrons. The van der Waals surface area contributed by atoms with Crippen molar-refractivity contribution >= 4 is 40.0 Å². The van der Waals surface area contributed by atoms with Gasteiger partial charge in [0.25, 0.3) is 5.91 Å². The molecule has 1 heterocycles. The largest absolute Gasteiger partial charge is 0.364 e. The van der Waals surface area contributed by atoms with Crippen molar-refractivity contribution in [1.82, 2.24) is 9.88 Å². The smallest absolute Gasteiger partial charge is 0.322 e. The van der Waals surface area contributed by atoms with Crippen molar-refractivity contribution in [3.05, 3.63) is 70.8 Å². The lowest BCUT2D eigenvalue weighted by molar-refractivity contribution is 0.0997. The Labute approximate surface area is 166 Å². The van der Waals surface area contributed by atoms with E-state index in [2.05, 4.69) is 10.3 Å². The van der Waals surface area contributed by atoms with E-state index in [1.807, 2.05) is 18.2 Å². The third kappa shape index (κ3) is 3.89. The van der Waals surface area contributed by atoms with Crippen LogP contribution in [-0.4, -0.2) is 28.9 Å². The highest BCUT2D eigenvalue weighted by molar-refractivity contribution is 6.31. The van der Waals surface area contributed by atoms with Crippen LogP contribution in [0.3, 0.4) is 0 Å². The SMILES string of the molecule is CC(c1cc2ccccc2c(C(N)=O)n1)N(C)C(=O)Nc1ccc(F)c(Cl)c1. The third-order valence-electron chi connectivity index (χ3n) is 4.49. The Morgan fingerprint density at radius 1 is 1.21 bits per heavy atom. The number of nitrogens with two attached hydrogens (primary N) is 1. The van der Waals surface area contributed by atoms with E-state index in [-0.39, 0.29) is 10.7 Å². The molecule has 28 heavy (non-hydrogen) atoms. The number of fused-ring (bicyclic) bond motifs is 1. The van der Waals surface area contributed by atoms with Gasteiger partial charge in [0, 0.05) is 18.1 Å². The summed E-state index contributed by atoms with van der Waals surface area (Å²) in [5.74, 6) is -1.21. The first kappa shape index (κ1) is 19.6. The Morgan fingerprint density at radius 2 is 1.93 bits per heavy atom. The maximum Gasteiger partial charge on any atom is 0.322 e. The minimum absolute atomic E-state index is 0.0872. The van der Waals surface area contributed by atoms with E-state index in [1.165, 1.54) is 23.1 Å². The zero-order valence-corrected chi connectivity index (χ0v) is 16.0. The van der Waals surface area contributed by atoms with Crippen molar-refractivity contribution in [1.29, 1.82) is 0 Å².